The molecule has 0 aliphatic rings. The van der Waals surface area contributed by atoms with Crippen LogP contribution in [-0.2, 0) is 6.61 Å². The van der Waals surface area contributed by atoms with Crippen molar-refractivity contribution in [3.05, 3.63) is 63.4 Å². The average molecular weight is 361 g/mol. The zero-order valence-corrected chi connectivity index (χ0v) is 12.6. The number of aliphatic hydroxyl groups excluding tert-OH is 1. The van der Waals surface area contributed by atoms with Gasteiger partial charge >= 0.3 is 0 Å². The van der Waals surface area contributed by atoms with E-state index < -0.39 is 23.6 Å². The van der Waals surface area contributed by atoms with Crippen LogP contribution in [0.5, 0.6) is 5.75 Å². The second kappa shape index (κ2) is 6.49. The SMILES string of the molecule is C[C@@H](O)c1cc(F)ccc1OCc1c(F)ccc(Br)c1F. The van der Waals surface area contributed by atoms with E-state index in [-0.39, 0.29) is 28.0 Å². The molecule has 1 N–H and O–H groups in total. The van der Waals surface area contributed by atoms with Crippen molar-refractivity contribution < 1.29 is 23.0 Å². The Bertz CT molecular complexity index is 660. The third-order valence-electron chi connectivity index (χ3n) is 2.93. The van der Waals surface area contributed by atoms with Gasteiger partial charge < -0.3 is 9.84 Å². The maximum Gasteiger partial charge on any atom is 0.146 e. The molecule has 21 heavy (non-hydrogen) atoms. The molecule has 0 amide bonds. The van der Waals surface area contributed by atoms with Crippen molar-refractivity contribution in [1.29, 1.82) is 0 Å². The van der Waals surface area contributed by atoms with Crippen molar-refractivity contribution in [2.75, 3.05) is 0 Å². The predicted molar refractivity (Wildman–Crippen MR) is 75.4 cm³/mol. The molecule has 0 spiro atoms. The zero-order chi connectivity index (χ0) is 15.6. The van der Waals surface area contributed by atoms with Gasteiger partial charge in [0.1, 0.15) is 29.8 Å². The number of halogens is 4. The van der Waals surface area contributed by atoms with Crippen LogP contribution in [-0.4, -0.2) is 5.11 Å². The van der Waals surface area contributed by atoms with E-state index in [1.165, 1.54) is 19.1 Å². The van der Waals surface area contributed by atoms with Crippen LogP contribution in [0, 0.1) is 17.5 Å². The Balaban J connectivity index is 2.27. The molecule has 2 rings (SSSR count). The summed E-state index contributed by atoms with van der Waals surface area (Å²) in [6.07, 6.45) is -0.965. The summed E-state index contributed by atoms with van der Waals surface area (Å²) in [5, 5.41) is 9.58. The van der Waals surface area contributed by atoms with E-state index in [1.807, 2.05) is 0 Å². The summed E-state index contributed by atoms with van der Waals surface area (Å²) in [5.74, 6) is -1.85. The quantitative estimate of drug-likeness (QED) is 0.813. The summed E-state index contributed by atoms with van der Waals surface area (Å²) < 4.78 is 46.0. The Morgan fingerprint density at radius 1 is 1.19 bits per heavy atom. The fraction of sp³-hybridized carbons (Fsp3) is 0.200. The molecule has 0 radical (unpaired) electrons. The van der Waals surface area contributed by atoms with Crippen LogP contribution < -0.4 is 4.74 Å². The van der Waals surface area contributed by atoms with E-state index in [1.54, 1.807) is 0 Å². The first-order valence-corrected chi connectivity index (χ1v) is 6.92. The van der Waals surface area contributed by atoms with Gasteiger partial charge in [-0.25, -0.2) is 13.2 Å². The summed E-state index contributed by atoms with van der Waals surface area (Å²) in [6.45, 7) is 1.07. The topological polar surface area (TPSA) is 29.5 Å². The lowest BCUT2D eigenvalue weighted by Crippen LogP contribution is -2.05. The first-order valence-electron chi connectivity index (χ1n) is 6.13. The van der Waals surface area contributed by atoms with E-state index in [0.29, 0.717) is 0 Å². The molecule has 0 saturated carbocycles. The first-order chi connectivity index (χ1) is 9.90. The van der Waals surface area contributed by atoms with Crippen LogP contribution in [0.25, 0.3) is 0 Å². The summed E-state index contributed by atoms with van der Waals surface area (Å²) >= 11 is 2.97. The highest BCUT2D eigenvalue weighted by Gasteiger charge is 2.15. The standard InChI is InChI=1S/C15H12BrF3O2/c1-8(20)10-6-9(17)2-5-14(10)21-7-11-13(18)4-3-12(16)15(11)19/h2-6,8,20H,7H2,1H3/t8-/m1/s1. The van der Waals surface area contributed by atoms with E-state index in [4.69, 9.17) is 4.74 Å². The molecule has 0 saturated heterocycles. The molecule has 0 heterocycles. The number of hydrogen-bond acceptors (Lipinski definition) is 2. The third kappa shape index (κ3) is 3.57. The Kier molecular flexibility index (Phi) is 4.90. The van der Waals surface area contributed by atoms with Gasteiger partial charge in [0.05, 0.1) is 16.1 Å². The minimum atomic E-state index is -0.965. The zero-order valence-electron chi connectivity index (χ0n) is 11.0. The van der Waals surface area contributed by atoms with Crippen LogP contribution in [0.15, 0.2) is 34.8 Å². The number of rotatable bonds is 4. The van der Waals surface area contributed by atoms with E-state index >= 15 is 0 Å². The maximum absolute atomic E-state index is 13.8. The monoisotopic (exact) mass is 360 g/mol. The lowest BCUT2D eigenvalue weighted by molar-refractivity contribution is 0.189. The van der Waals surface area contributed by atoms with Crippen molar-refractivity contribution in [1.82, 2.24) is 0 Å². The molecule has 6 heteroatoms. The Labute approximate surface area is 128 Å². The molecule has 2 aromatic rings. The van der Waals surface area contributed by atoms with Crippen LogP contribution in [0.2, 0.25) is 0 Å². The molecule has 112 valence electrons. The van der Waals surface area contributed by atoms with Gasteiger partial charge in [-0.3, -0.25) is 0 Å². The minimum Gasteiger partial charge on any atom is -0.488 e. The summed E-state index contributed by atoms with van der Waals surface area (Å²) in [7, 11) is 0. The fourth-order valence-electron chi connectivity index (χ4n) is 1.83. The van der Waals surface area contributed by atoms with Crippen molar-refractivity contribution >= 4 is 15.9 Å². The molecule has 0 fully saturated rings. The largest absolute Gasteiger partial charge is 0.488 e. The number of ether oxygens (including phenoxy) is 1. The third-order valence-corrected chi connectivity index (χ3v) is 3.55. The second-order valence-electron chi connectivity index (χ2n) is 4.47. The Hall–Kier alpha value is -1.53. The van der Waals surface area contributed by atoms with Gasteiger partial charge in [-0.15, -0.1) is 0 Å². The maximum atomic E-state index is 13.8. The Morgan fingerprint density at radius 3 is 2.57 bits per heavy atom. The highest BCUT2D eigenvalue weighted by Crippen LogP contribution is 2.28. The summed E-state index contributed by atoms with van der Waals surface area (Å²) in [5.41, 5.74) is -0.0314. The van der Waals surface area contributed by atoms with Crippen LogP contribution >= 0.6 is 15.9 Å². The molecular formula is C15H12BrF3O2. The fourth-order valence-corrected chi connectivity index (χ4v) is 2.20. The summed E-state index contributed by atoms with van der Waals surface area (Å²) in [6, 6.07) is 5.95. The average Bonchev–Trinajstić information content (AvgIpc) is 2.44. The summed E-state index contributed by atoms with van der Waals surface area (Å²) in [4.78, 5) is 0. The Morgan fingerprint density at radius 2 is 1.90 bits per heavy atom. The lowest BCUT2D eigenvalue weighted by atomic mass is 10.1. The highest BCUT2D eigenvalue weighted by molar-refractivity contribution is 9.10. The number of aliphatic hydroxyl groups is 1. The molecule has 1 atom stereocenters. The minimum absolute atomic E-state index is 0.123. The molecule has 0 unspecified atom stereocenters. The number of hydrogen-bond donors (Lipinski definition) is 1. The smallest absolute Gasteiger partial charge is 0.146 e. The van der Waals surface area contributed by atoms with Crippen molar-refractivity contribution in [3.8, 4) is 5.75 Å². The number of benzene rings is 2. The molecule has 0 aromatic heterocycles. The van der Waals surface area contributed by atoms with Crippen LogP contribution in [0.1, 0.15) is 24.2 Å². The van der Waals surface area contributed by atoms with E-state index in [9.17, 15) is 18.3 Å². The van der Waals surface area contributed by atoms with Crippen molar-refractivity contribution in [2.24, 2.45) is 0 Å². The van der Waals surface area contributed by atoms with E-state index in [0.717, 1.165) is 18.2 Å². The molecule has 2 aromatic carbocycles. The van der Waals surface area contributed by atoms with Gasteiger partial charge in [-0.05, 0) is 53.2 Å². The molecule has 0 bridgehead atoms. The van der Waals surface area contributed by atoms with Gasteiger partial charge in [0, 0.05) is 5.56 Å². The lowest BCUT2D eigenvalue weighted by Gasteiger charge is -2.14. The van der Waals surface area contributed by atoms with Gasteiger partial charge in [0.15, 0.2) is 0 Å². The van der Waals surface area contributed by atoms with Crippen molar-refractivity contribution in [3.63, 3.8) is 0 Å². The van der Waals surface area contributed by atoms with Crippen LogP contribution in [0.3, 0.4) is 0 Å². The molecule has 2 nitrogen and oxygen atoms in total. The molecular weight excluding hydrogens is 349 g/mol. The van der Waals surface area contributed by atoms with Crippen molar-refractivity contribution in [2.45, 2.75) is 19.6 Å². The first kappa shape index (κ1) is 15.9. The van der Waals surface area contributed by atoms with Crippen LogP contribution in [0.4, 0.5) is 13.2 Å². The molecule has 0 aliphatic carbocycles. The van der Waals surface area contributed by atoms with E-state index in [2.05, 4.69) is 15.9 Å². The normalized spacial score (nSPS) is 12.3. The van der Waals surface area contributed by atoms with Gasteiger partial charge in [-0.2, -0.15) is 0 Å². The van der Waals surface area contributed by atoms with Gasteiger partial charge in [-0.1, -0.05) is 0 Å². The van der Waals surface area contributed by atoms with Gasteiger partial charge in [0.2, 0.25) is 0 Å². The van der Waals surface area contributed by atoms with Gasteiger partial charge in [0.25, 0.3) is 0 Å². The second-order valence-corrected chi connectivity index (χ2v) is 5.32. The predicted octanol–water partition coefficient (Wildman–Crippen LogP) is 4.50. The molecule has 0 aliphatic heterocycles. The highest BCUT2D eigenvalue weighted by atomic mass is 79.9.